The molecule has 2 saturated heterocycles. The van der Waals surface area contributed by atoms with Crippen LogP contribution < -0.4 is 0 Å². The molecule has 0 aromatic heterocycles. The predicted octanol–water partition coefficient (Wildman–Crippen LogP) is 2.74. The van der Waals surface area contributed by atoms with Gasteiger partial charge in [0.2, 0.25) is 0 Å². The number of esters is 1. The maximum atomic E-state index is 11.9. The minimum absolute atomic E-state index is 0.0456. The van der Waals surface area contributed by atoms with Gasteiger partial charge in [0.25, 0.3) is 0 Å². The number of rotatable bonds is 5. The van der Waals surface area contributed by atoms with E-state index in [4.69, 9.17) is 19.2 Å². The summed E-state index contributed by atoms with van der Waals surface area (Å²) in [5, 5.41) is 10.3. The number of carbonyl (C=O) groups excluding carboxylic acids is 1. The SMILES string of the molecule is CC[C@@H]1C[C@@]2(CC)O/C(=C\C(=O)OC)[C@@]3(CC)OOC([C@@H](C)O)[C@@H]1[C@@H]23. The molecule has 1 unspecified atom stereocenters. The van der Waals surface area contributed by atoms with E-state index < -0.39 is 23.3 Å². The normalized spacial score (nSPS) is 45.1. The van der Waals surface area contributed by atoms with Gasteiger partial charge in [-0.25, -0.2) is 14.6 Å². The monoisotopic (exact) mass is 354 g/mol. The van der Waals surface area contributed by atoms with Crippen molar-refractivity contribution in [1.29, 1.82) is 0 Å². The van der Waals surface area contributed by atoms with Crippen LogP contribution >= 0.6 is 0 Å². The van der Waals surface area contributed by atoms with E-state index in [0.717, 1.165) is 19.3 Å². The second kappa shape index (κ2) is 6.56. The molecule has 6 heteroatoms. The lowest BCUT2D eigenvalue weighted by atomic mass is 9.68. The molecule has 0 aromatic carbocycles. The van der Waals surface area contributed by atoms with Crippen molar-refractivity contribution in [2.75, 3.05) is 7.11 Å². The Morgan fingerprint density at radius 3 is 2.64 bits per heavy atom. The van der Waals surface area contributed by atoms with Gasteiger partial charge in [-0.1, -0.05) is 27.2 Å². The summed E-state index contributed by atoms with van der Waals surface area (Å²) < 4.78 is 11.2. The quantitative estimate of drug-likeness (QED) is 0.465. The van der Waals surface area contributed by atoms with Crippen LogP contribution in [0.3, 0.4) is 0 Å². The molecule has 6 nitrogen and oxygen atoms in total. The van der Waals surface area contributed by atoms with Gasteiger partial charge in [-0.05, 0) is 32.1 Å². The first-order chi connectivity index (χ1) is 11.9. The first kappa shape index (κ1) is 18.7. The average Bonchev–Trinajstić information content (AvgIpc) is 3.09. The molecule has 0 aromatic rings. The number of methoxy groups -OCH3 is 1. The van der Waals surface area contributed by atoms with Gasteiger partial charge in [-0.2, -0.15) is 0 Å². The maximum Gasteiger partial charge on any atom is 0.333 e. The van der Waals surface area contributed by atoms with Gasteiger partial charge < -0.3 is 14.6 Å². The Morgan fingerprint density at radius 2 is 2.12 bits per heavy atom. The van der Waals surface area contributed by atoms with Crippen molar-refractivity contribution in [2.24, 2.45) is 17.8 Å². The fourth-order valence-corrected chi connectivity index (χ4v) is 5.41. The molecule has 1 aliphatic carbocycles. The summed E-state index contributed by atoms with van der Waals surface area (Å²) in [6, 6.07) is 0. The van der Waals surface area contributed by atoms with Gasteiger partial charge >= 0.3 is 5.97 Å². The standard InChI is InChI=1S/C19H30O6/c1-6-12-10-18(7-2)17-15(12)16(11(4)20)24-25-19(17,8-3)13(23-18)9-14(21)22-5/h9,11-12,15-17,20H,6-8,10H2,1-5H3/b13-9-/t11-,12-,15-,16?,17+,18-,19-/m1/s1. The smallest absolute Gasteiger partial charge is 0.333 e. The lowest BCUT2D eigenvalue weighted by molar-refractivity contribution is -0.435. The van der Waals surface area contributed by atoms with Crippen LogP contribution in [-0.2, 0) is 24.0 Å². The third-order valence-electron chi connectivity index (χ3n) is 6.60. The third kappa shape index (κ3) is 2.53. The largest absolute Gasteiger partial charge is 0.488 e. The minimum Gasteiger partial charge on any atom is -0.488 e. The summed E-state index contributed by atoms with van der Waals surface area (Å²) in [5.74, 6) is 0.599. The predicted molar refractivity (Wildman–Crippen MR) is 90.2 cm³/mol. The molecule has 3 fully saturated rings. The number of hydrogen-bond acceptors (Lipinski definition) is 6. The lowest BCUT2D eigenvalue weighted by Gasteiger charge is -2.46. The Balaban J connectivity index is 2.12. The summed E-state index contributed by atoms with van der Waals surface area (Å²) in [5.41, 5.74) is -1.19. The molecule has 0 bridgehead atoms. The number of hydrogen-bond donors (Lipinski definition) is 1. The highest BCUT2D eigenvalue weighted by molar-refractivity contribution is 5.82. The van der Waals surface area contributed by atoms with Crippen molar-refractivity contribution < 1.29 is 29.1 Å². The summed E-state index contributed by atoms with van der Waals surface area (Å²) in [6.07, 6.45) is 3.70. The molecule has 0 amide bonds. The van der Waals surface area contributed by atoms with Crippen LogP contribution in [0.15, 0.2) is 11.8 Å². The molecular formula is C19H30O6. The van der Waals surface area contributed by atoms with E-state index in [0.29, 0.717) is 18.1 Å². The summed E-state index contributed by atoms with van der Waals surface area (Å²) in [4.78, 5) is 23.5. The van der Waals surface area contributed by atoms with Gasteiger partial charge in [0, 0.05) is 11.8 Å². The van der Waals surface area contributed by atoms with E-state index in [1.807, 2.05) is 6.92 Å². The highest BCUT2D eigenvalue weighted by Gasteiger charge is 2.73. The van der Waals surface area contributed by atoms with E-state index in [1.165, 1.54) is 13.2 Å². The van der Waals surface area contributed by atoms with Gasteiger partial charge in [0.05, 0.1) is 19.3 Å². The highest BCUT2D eigenvalue weighted by atomic mass is 17.2. The van der Waals surface area contributed by atoms with E-state index in [9.17, 15) is 9.90 Å². The zero-order chi connectivity index (χ0) is 18.4. The topological polar surface area (TPSA) is 74.2 Å². The first-order valence-corrected chi connectivity index (χ1v) is 9.40. The molecule has 1 saturated carbocycles. The molecular weight excluding hydrogens is 324 g/mol. The Labute approximate surface area is 149 Å². The molecule has 1 N–H and O–H groups in total. The molecule has 25 heavy (non-hydrogen) atoms. The first-order valence-electron chi connectivity index (χ1n) is 9.40. The van der Waals surface area contributed by atoms with Crippen LogP contribution in [0.2, 0.25) is 0 Å². The van der Waals surface area contributed by atoms with E-state index >= 15 is 0 Å². The number of carbonyl (C=O) groups is 1. The molecule has 142 valence electrons. The van der Waals surface area contributed by atoms with E-state index in [1.54, 1.807) is 6.92 Å². The molecule has 2 aliphatic heterocycles. The number of aliphatic hydroxyl groups excluding tert-OH is 1. The average molecular weight is 354 g/mol. The van der Waals surface area contributed by atoms with Crippen LogP contribution in [0.4, 0.5) is 0 Å². The summed E-state index contributed by atoms with van der Waals surface area (Å²) in [6.45, 7) is 8.04. The lowest BCUT2D eigenvalue weighted by Crippen LogP contribution is -2.56. The van der Waals surface area contributed by atoms with Gasteiger partial charge in [0.15, 0.2) is 5.60 Å². The van der Waals surface area contributed by atoms with Crippen molar-refractivity contribution in [2.45, 2.75) is 76.8 Å². The van der Waals surface area contributed by atoms with Crippen LogP contribution in [0.25, 0.3) is 0 Å². The van der Waals surface area contributed by atoms with E-state index in [2.05, 4.69) is 13.8 Å². The van der Waals surface area contributed by atoms with E-state index in [-0.39, 0.29) is 17.9 Å². The second-order valence-corrected chi connectivity index (χ2v) is 7.61. The van der Waals surface area contributed by atoms with Crippen molar-refractivity contribution in [3.05, 3.63) is 11.8 Å². The van der Waals surface area contributed by atoms with Gasteiger partial charge in [-0.15, -0.1) is 0 Å². The van der Waals surface area contributed by atoms with Crippen molar-refractivity contribution in [3.8, 4) is 0 Å². The third-order valence-corrected chi connectivity index (χ3v) is 6.60. The zero-order valence-electron chi connectivity index (χ0n) is 15.8. The highest BCUT2D eigenvalue weighted by Crippen LogP contribution is 2.66. The second-order valence-electron chi connectivity index (χ2n) is 7.61. The maximum absolute atomic E-state index is 11.9. The molecule has 3 aliphatic rings. The zero-order valence-corrected chi connectivity index (χ0v) is 15.8. The minimum atomic E-state index is -0.801. The van der Waals surface area contributed by atoms with Crippen LogP contribution in [-0.4, -0.2) is 41.6 Å². The molecule has 3 rings (SSSR count). The summed E-state index contributed by atoms with van der Waals surface area (Å²) in [7, 11) is 1.35. The molecule has 0 radical (unpaired) electrons. The van der Waals surface area contributed by atoms with Crippen molar-refractivity contribution >= 4 is 5.97 Å². The van der Waals surface area contributed by atoms with Crippen molar-refractivity contribution in [3.63, 3.8) is 0 Å². The molecule has 7 atom stereocenters. The summed E-state index contributed by atoms with van der Waals surface area (Å²) >= 11 is 0. The molecule has 2 heterocycles. The Kier molecular flexibility index (Phi) is 4.90. The molecule has 0 spiro atoms. The fraction of sp³-hybridized carbons (Fsp3) is 0.842. The van der Waals surface area contributed by atoms with Gasteiger partial charge in [0.1, 0.15) is 17.5 Å². The van der Waals surface area contributed by atoms with Crippen LogP contribution in [0.5, 0.6) is 0 Å². The number of aliphatic hydroxyl groups is 1. The Morgan fingerprint density at radius 1 is 1.40 bits per heavy atom. The fourth-order valence-electron chi connectivity index (χ4n) is 5.41. The Bertz CT molecular complexity index is 558. The van der Waals surface area contributed by atoms with Gasteiger partial charge in [-0.3, -0.25) is 0 Å². The number of ether oxygens (including phenoxy) is 2. The van der Waals surface area contributed by atoms with Crippen molar-refractivity contribution in [1.82, 2.24) is 0 Å². The Hall–Kier alpha value is -1.11. The van der Waals surface area contributed by atoms with Crippen LogP contribution in [0, 0.1) is 17.8 Å². The van der Waals surface area contributed by atoms with Crippen LogP contribution in [0.1, 0.15) is 53.4 Å².